The third kappa shape index (κ3) is 5.59. The smallest absolute Gasteiger partial charge is 0.335 e. The van der Waals surface area contributed by atoms with Gasteiger partial charge in [0, 0.05) is 24.8 Å². The molecule has 0 unspecified atom stereocenters. The highest BCUT2D eigenvalue weighted by Gasteiger charge is 2.25. The molecule has 0 amide bonds. The summed E-state index contributed by atoms with van der Waals surface area (Å²) in [4.78, 5) is 23.0. The highest BCUT2D eigenvalue weighted by molar-refractivity contribution is 5.95. The molecule has 1 fully saturated rings. The number of nitriles is 1. The number of anilines is 1. The first-order valence-corrected chi connectivity index (χ1v) is 13.6. The van der Waals surface area contributed by atoms with Gasteiger partial charge in [-0.3, -0.25) is 5.01 Å². The molecule has 12 heteroatoms. The fourth-order valence-corrected chi connectivity index (χ4v) is 5.03. The summed E-state index contributed by atoms with van der Waals surface area (Å²) in [6.07, 6.45) is 1.02. The van der Waals surface area contributed by atoms with Crippen molar-refractivity contribution in [2.45, 2.75) is 39.1 Å². The van der Waals surface area contributed by atoms with E-state index >= 15 is 0 Å². The number of halogens is 1. The van der Waals surface area contributed by atoms with Crippen LogP contribution in [0.1, 0.15) is 40.7 Å². The second kappa shape index (κ2) is 11.5. The largest absolute Gasteiger partial charge is 0.478 e. The summed E-state index contributed by atoms with van der Waals surface area (Å²) >= 11 is 0. The number of carboxylic acids is 1. The van der Waals surface area contributed by atoms with Crippen LogP contribution in [0.5, 0.6) is 5.88 Å². The van der Waals surface area contributed by atoms with Crippen LogP contribution in [0.2, 0.25) is 0 Å². The number of hydrogen-bond donors (Lipinski definition) is 1. The maximum atomic E-state index is 14.3. The molecular weight excluding hydrogens is 541 g/mol. The number of fused-ring (bicyclic) bond motifs is 1. The average Bonchev–Trinajstić information content (AvgIpc) is 3.30. The molecule has 0 aliphatic carbocycles. The fraction of sp³-hybridized carbons (Fsp3) is 0.300. The van der Waals surface area contributed by atoms with E-state index in [4.69, 9.17) is 24.8 Å². The average molecular weight is 570 g/mol. The SMILES string of the molecule is CC1=NN(Cc2nc3ccc(C(=O)O)cc3n2C[C@@H]2CCO2)CCN1c1cccc(OCc2ccc(C#N)cc2F)n1. The second-order valence-corrected chi connectivity index (χ2v) is 10.2. The van der Waals surface area contributed by atoms with E-state index < -0.39 is 11.8 Å². The van der Waals surface area contributed by atoms with Gasteiger partial charge in [0.05, 0.1) is 54.0 Å². The van der Waals surface area contributed by atoms with Crippen molar-refractivity contribution in [3.63, 3.8) is 0 Å². The van der Waals surface area contributed by atoms with E-state index in [1.54, 1.807) is 30.3 Å². The molecule has 4 heterocycles. The van der Waals surface area contributed by atoms with E-state index in [0.29, 0.717) is 43.4 Å². The lowest BCUT2D eigenvalue weighted by molar-refractivity contribution is -0.0592. The van der Waals surface area contributed by atoms with Crippen LogP contribution in [0.3, 0.4) is 0 Å². The van der Waals surface area contributed by atoms with E-state index in [2.05, 4.69) is 4.98 Å². The van der Waals surface area contributed by atoms with E-state index in [0.717, 1.165) is 35.7 Å². The van der Waals surface area contributed by atoms with Gasteiger partial charge in [-0.2, -0.15) is 15.3 Å². The van der Waals surface area contributed by atoms with Crippen LogP contribution in [0, 0.1) is 17.1 Å². The number of aromatic carboxylic acids is 1. The minimum atomic E-state index is -0.980. The van der Waals surface area contributed by atoms with Crippen molar-refractivity contribution in [2.75, 3.05) is 24.6 Å². The second-order valence-electron chi connectivity index (χ2n) is 10.2. The Morgan fingerprint density at radius 3 is 2.76 bits per heavy atom. The van der Waals surface area contributed by atoms with Gasteiger partial charge in [0.15, 0.2) is 0 Å². The first-order chi connectivity index (χ1) is 20.4. The van der Waals surface area contributed by atoms with Gasteiger partial charge in [0.1, 0.15) is 29.9 Å². The first kappa shape index (κ1) is 27.2. The summed E-state index contributed by atoms with van der Waals surface area (Å²) in [5, 5.41) is 25.2. The molecule has 2 aliphatic heterocycles. The van der Waals surface area contributed by atoms with Crippen LogP contribution in [0.15, 0.2) is 59.7 Å². The molecule has 0 saturated carbocycles. The fourth-order valence-electron chi connectivity index (χ4n) is 5.03. The molecule has 0 spiro atoms. The molecule has 6 rings (SSSR count). The van der Waals surface area contributed by atoms with Gasteiger partial charge < -0.3 is 24.0 Å². The minimum absolute atomic E-state index is 0.0182. The molecule has 1 saturated heterocycles. The molecule has 0 bridgehead atoms. The number of aromatic nitrogens is 3. The number of imidazole rings is 1. The van der Waals surface area contributed by atoms with Crippen LogP contribution in [0.4, 0.5) is 10.2 Å². The molecule has 42 heavy (non-hydrogen) atoms. The van der Waals surface area contributed by atoms with Crippen molar-refractivity contribution in [1.29, 1.82) is 5.26 Å². The summed E-state index contributed by atoms with van der Waals surface area (Å²) in [6, 6.07) is 16.6. The zero-order valence-electron chi connectivity index (χ0n) is 22.9. The number of carbonyl (C=O) groups is 1. The van der Waals surface area contributed by atoms with Crippen molar-refractivity contribution in [1.82, 2.24) is 19.5 Å². The van der Waals surface area contributed by atoms with E-state index in [1.807, 2.05) is 39.6 Å². The summed E-state index contributed by atoms with van der Waals surface area (Å²) < 4.78 is 27.7. The van der Waals surface area contributed by atoms with Crippen LogP contribution in [0.25, 0.3) is 11.0 Å². The predicted molar refractivity (Wildman–Crippen MR) is 152 cm³/mol. The number of ether oxygens (including phenoxy) is 2. The van der Waals surface area contributed by atoms with Gasteiger partial charge in [0.2, 0.25) is 5.88 Å². The normalized spacial score (nSPS) is 16.6. The quantitative estimate of drug-likeness (QED) is 0.316. The lowest BCUT2D eigenvalue weighted by Crippen LogP contribution is -2.43. The lowest BCUT2D eigenvalue weighted by Gasteiger charge is -2.33. The Bertz CT molecular complexity index is 1730. The van der Waals surface area contributed by atoms with E-state index in [1.165, 1.54) is 12.1 Å². The van der Waals surface area contributed by atoms with Crippen LogP contribution in [-0.4, -0.2) is 62.3 Å². The molecule has 2 aromatic carbocycles. The predicted octanol–water partition coefficient (Wildman–Crippen LogP) is 4.16. The number of hydrazone groups is 1. The van der Waals surface area contributed by atoms with Gasteiger partial charge in [0.25, 0.3) is 0 Å². The molecule has 1 N–H and O–H groups in total. The Hall–Kier alpha value is -5.02. The third-order valence-corrected chi connectivity index (χ3v) is 7.38. The van der Waals surface area contributed by atoms with Crippen LogP contribution >= 0.6 is 0 Å². The number of rotatable bonds is 9. The molecule has 0 radical (unpaired) electrons. The van der Waals surface area contributed by atoms with Crippen molar-refractivity contribution in [2.24, 2.45) is 5.10 Å². The maximum absolute atomic E-state index is 14.3. The van der Waals surface area contributed by atoms with Gasteiger partial charge in [-0.1, -0.05) is 12.1 Å². The van der Waals surface area contributed by atoms with Crippen molar-refractivity contribution in [3.05, 3.63) is 82.9 Å². The van der Waals surface area contributed by atoms with Gasteiger partial charge >= 0.3 is 5.97 Å². The van der Waals surface area contributed by atoms with Crippen LogP contribution < -0.4 is 9.64 Å². The third-order valence-electron chi connectivity index (χ3n) is 7.38. The zero-order chi connectivity index (χ0) is 29.2. The van der Waals surface area contributed by atoms with Gasteiger partial charge in [-0.05, 0) is 49.7 Å². The number of nitrogens with zero attached hydrogens (tertiary/aromatic N) is 7. The topological polar surface area (TPSA) is 129 Å². The molecular formula is C30H28FN7O4. The van der Waals surface area contributed by atoms with E-state index in [-0.39, 0.29) is 23.8 Å². The summed E-state index contributed by atoms with van der Waals surface area (Å²) in [5.74, 6) is 1.05. The standard InChI is InChI=1S/C30H28FN7O4/c1-19-35-36(17-28-33-25-8-7-21(30(39)40)14-26(25)38(28)16-23-9-12-41-23)10-11-37(19)27-3-2-4-29(34-27)42-18-22-6-5-20(15-32)13-24(22)31/h2-8,13-14,23H,9-12,16-18H2,1H3,(H,39,40)/t23-/m0/s1. The Kier molecular flexibility index (Phi) is 7.41. The molecule has 1 atom stereocenters. The maximum Gasteiger partial charge on any atom is 0.335 e. The van der Waals surface area contributed by atoms with Crippen LogP contribution in [-0.2, 0) is 24.4 Å². The number of amidine groups is 1. The number of benzene rings is 2. The van der Waals surface area contributed by atoms with Crippen molar-refractivity contribution >= 4 is 28.7 Å². The zero-order valence-corrected chi connectivity index (χ0v) is 22.9. The highest BCUT2D eigenvalue weighted by atomic mass is 19.1. The van der Waals surface area contributed by atoms with Crippen molar-refractivity contribution < 1.29 is 23.8 Å². The van der Waals surface area contributed by atoms with Gasteiger partial charge in [-0.15, -0.1) is 0 Å². The minimum Gasteiger partial charge on any atom is -0.478 e. The molecule has 2 aliphatic rings. The number of carboxylic acid groups (broad SMARTS) is 1. The molecule has 11 nitrogen and oxygen atoms in total. The summed E-state index contributed by atoms with van der Waals surface area (Å²) in [6.45, 7) is 4.87. The Balaban J connectivity index is 1.17. The highest BCUT2D eigenvalue weighted by Crippen LogP contribution is 2.25. The lowest BCUT2D eigenvalue weighted by atomic mass is 10.1. The Morgan fingerprint density at radius 2 is 2.05 bits per heavy atom. The van der Waals surface area contributed by atoms with E-state index in [9.17, 15) is 14.3 Å². The Morgan fingerprint density at radius 1 is 1.19 bits per heavy atom. The summed E-state index contributed by atoms with van der Waals surface area (Å²) in [5.41, 5.74) is 2.30. The van der Waals surface area contributed by atoms with Crippen molar-refractivity contribution in [3.8, 4) is 11.9 Å². The molecule has 4 aromatic rings. The summed E-state index contributed by atoms with van der Waals surface area (Å²) in [7, 11) is 0. The number of pyridine rings is 1. The number of hydrogen-bond acceptors (Lipinski definition) is 9. The Labute approximate surface area is 241 Å². The molecule has 214 valence electrons. The monoisotopic (exact) mass is 569 g/mol. The van der Waals surface area contributed by atoms with Gasteiger partial charge in [-0.25, -0.2) is 14.2 Å². The molecule has 2 aromatic heterocycles. The first-order valence-electron chi connectivity index (χ1n) is 13.6.